The SMILES string of the molecule is CS(=O)(=O)c1ccc2nc(NC(=O)C3CCN(C(=O)NC4CC4)CC3)sc2c1. The van der Waals surface area contributed by atoms with Crippen LogP contribution in [0.5, 0.6) is 0 Å². The molecule has 1 aliphatic heterocycles. The minimum absolute atomic E-state index is 0.0331. The van der Waals surface area contributed by atoms with E-state index >= 15 is 0 Å². The fourth-order valence-corrected chi connectivity index (χ4v) is 4.86. The number of fused-ring (bicyclic) bond motifs is 1. The topological polar surface area (TPSA) is 108 Å². The number of piperidine rings is 1. The Bertz CT molecular complexity index is 1020. The highest BCUT2D eigenvalue weighted by atomic mass is 32.2. The van der Waals surface area contributed by atoms with Gasteiger partial charge in [-0.2, -0.15) is 0 Å². The van der Waals surface area contributed by atoms with Crippen molar-refractivity contribution in [2.75, 3.05) is 24.7 Å². The zero-order valence-corrected chi connectivity index (χ0v) is 17.1. The van der Waals surface area contributed by atoms with Gasteiger partial charge in [0.05, 0.1) is 15.1 Å². The number of anilines is 1. The Morgan fingerprint density at radius 1 is 1.18 bits per heavy atom. The second-order valence-electron chi connectivity index (χ2n) is 7.40. The number of amides is 3. The van der Waals surface area contributed by atoms with Crippen molar-refractivity contribution in [2.45, 2.75) is 36.6 Å². The zero-order chi connectivity index (χ0) is 19.9. The van der Waals surface area contributed by atoms with Crippen molar-refractivity contribution < 1.29 is 18.0 Å². The summed E-state index contributed by atoms with van der Waals surface area (Å²) in [6.07, 6.45) is 4.51. The summed E-state index contributed by atoms with van der Waals surface area (Å²) in [4.78, 5) is 31.0. The molecule has 1 aliphatic carbocycles. The molecule has 8 nitrogen and oxygen atoms in total. The monoisotopic (exact) mass is 422 g/mol. The third-order valence-corrected chi connectivity index (χ3v) is 7.12. The van der Waals surface area contributed by atoms with Gasteiger partial charge in [-0.25, -0.2) is 18.2 Å². The van der Waals surface area contributed by atoms with Crippen LogP contribution in [0.3, 0.4) is 0 Å². The van der Waals surface area contributed by atoms with E-state index < -0.39 is 9.84 Å². The summed E-state index contributed by atoms with van der Waals surface area (Å²) < 4.78 is 24.1. The third-order valence-electron chi connectivity index (χ3n) is 5.08. The number of carbonyl (C=O) groups is 2. The quantitative estimate of drug-likeness (QED) is 0.785. The number of carbonyl (C=O) groups excluding carboxylic acids is 2. The maximum atomic E-state index is 12.6. The first-order valence-electron chi connectivity index (χ1n) is 9.26. The minimum Gasteiger partial charge on any atom is -0.335 e. The molecule has 1 saturated heterocycles. The highest BCUT2D eigenvalue weighted by Crippen LogP contribution is 2.29. The number of hydrogen-bond donors (Lipinski definition) is 2. The molecule has 0 bridgehead atoms. The number of aromatic nitrogens is 1. The van der Waals surface area contributed by atoms with Crippen LogP contribution in [-0.4, -0.2) is 55.6 Å². The molecule has 28 heavy (non-hydrogen) atoms. The average molecular weight is 423 g/mol. The predicted octanol–water partition coefficient (Wildman–Crippen LogP) is 2.22. The van der Waals surface area contributed by atoms with Gasteiger partial charge in [-0.1, -0.05) is 11.3 Å². The summed E-state index contributed by atoms with van der Waals surface area (Å²) in [7, 11) is -3.29. The number of thiazole rings is 1. The van der Waals surface area contributed by atoms with Gasteiger partial charge in [0.1, 0.15) is 0 Å². The van der Waals surface area contributed by atoms with E-state index in [4.69, 9.17) is 0 Å². The van der Waals surface area contributed by atoms with Crippen LogP contribution >= 0.6 is 11.3 Å². The van der Waals surface area contributed by atoms with Crippen molar-refractivity contribution in [1.29, 1.82) is 0 Å². The molecule has 10 heteroatoms. The molecule has 3 amide bonds. The van der Waals surface area contributed by atoms with Gasteiger partial charge >= 0.3 is 6.03 Å². The summed E-state index contributed by atoms with van der Waals surface area (Å²) in [6.45, 7) is 1.13. The smallest absolute Gasteiger partial charge is 0.317 e. The molecule has 2 aliphatic rings. The van der Waals surface area contributed by atoms with E-state index in [9.17, 15) is 18.0 Å². The molecule has 2 aromatic rings. The van der Waals surface area contributed by atoms with Crippen molar-refractivity contribution in [2.24, 2.45) is 5.92 Å². The summed E-state index contributed by atoms with van der Waals surface area (Å²) in [5.74, 6) is -0.270. The summed E-state index contributed by atoms with van der Waals surface area (Å²) in [6, 6.07) is 5.04. The second kappa shape index (κ2) is 7.32. The van der Waals surface area contributed by atoms with Gasteiger partial charge in [-0.05, 0) is 43.9 Å². The molecule has 4 rings (SSSR count). The predicted molar refractivity (Wildman–Crippen MR) is 107 cm³/mol. The molecule has 2 fully saturated rings. The Kier molecular flexibility index (Phi) is 5.00. The molecular formula is C18H22N4O4S2. The van der Waals surface area contributed by atoms with Crippen LogP contribution in [0.4, 0.5) is 9.93 Å². The zero-order valence-electron chi connectivity index (χ0n) is 15.5. The van der Waals surface area contributed by atoms with E-state index in [-0.39, 0.29) is 22.8 Å². The lowest BCUT2D eigenvalue weighted by molar-refractivity contribution is -0.121. The standard InChI is InChI=1S/C18H22N4O4S2/c1-28(25,26)13-4-5-14-15(10-13)27-17(20-14)21-16(23)11-6-8-22(9-7-11)18(24)19-12-2-3-12/h4-5,10-12H,2-3,6-9H2,1H3,(H,19,24)(H,20,21,23). The van der Waals surface area contributed by atoms with E-state index in [0.717, 1.165) is 19.1 Å². The van der Waals surface area contributed by atoms with E-state index in [1.165, 1.54) is 17.4 Å². The first kappa shape index (κ1) is 19.1. The molecule has 2 heterocycles. The number of nitrogens with one attached hydrogen (secondary N) is 2. The van der Waals surface area contributed by atoms with E-state index in [1.54, 1.807) is 17.0 Å². The van der Waals surface area contributed by atoms with Gasteiger partial charge in [0.2, 0.25) is 5.91 Å². The molecule has 150 valence electrons. The fourth-order valence-electron chi connectivity index (χ4n) is 3.23. The summed E-state index contributed by atoms with van der Waals surface area (Å²) in [5, 5.41) is 6.28. The number of likely N-dealkylation sites (tertiary alicyclic amines) is 1. The Hall–Kier alpha value is -2.20. The average Bonchev–Trinajstić information content (AvgIpc) is 3.37. The Morgan fingerprint density at radius 2 is 1.89 bits per heavy atom. The molecule has 1 aromatic carbocycles. The van der Waals surface area contributed by atoms with Crippen LogP contribution in [0.2, 0.25) is 0 Å². The molecule has 2 N–H and O–H groups in total. The Balaban J connectivity index is 1.36. The molecule has 0 radical (unpaired) electrons. The number of sulfone groups is 1. The van der Waals surface area contributed by atoms with Gasteiger partial charge in [0, 0.05) is 31.3 Å². The van der Waals surface area contributed by atoms with Gasteiger partial charge < -0.3 is 15.5 Å². The number of nitrogens with zero attached hydrogens (tertiary/aromatic N) is 2. The van der Waals surface area contributed by atoms with Crippen LogP contribution in [0.1, 0.15) is 25.7 Å². The third kappa shape index (κ3) is 4.27. The van der Waals surface area contributed by atoms with Crippen molar-refractivity contribution in [1.82, 2.24) is 15.2 Å². The maximum absolute atomic E-state index is 12.6. The number of benzene rings is 1. The highest BCUT2D eigenvalue weighted by molar-refractivity contribution is 7.90. The Morgan fingerprint density at radius 3 is 2.54 bits per heavy atom. The lowest BCUT2D eigenvalue weighted by atomic mass is 9.96. The van der Waals surface area contributed by atoms with Crippen LogP contribution in [0.15, 0.2) is 23.1 Å². The lowest BCUT2D eigenvalue weighted by Gasteiger charge is -2.31. The van der Waals surface area contributed by atoms with Crippen LogP contribution in [0, 0.1) is 5.92 Å². The summed E-state index contributed by atoms with van der Waals surface area (Å²) in [5.41, 5.74) is 0.652. The first-order valence-corrected chi connectivity index (χ1v) is 12.0. The largest absolute Gasteiger partial charge is 0.335 e. The van der Waals surface area contributed by atoms with Gasteiger partial charge in [-0.15, -0.1) is 0 Å². The van der Waals surface area contributed by atoms with Gasteiger partial charge in [0.25, 0.3) is 0 Å². The van der Waals surface area contributed by atoms with Crippen molar-refractivity contribution >= 4 is 48.5 Å². The van der Waals surface area contributed by atoms with Gasteiger partial charge in [0.15, 0.2) is 15.0 Å². The second-order valence-corrected chi connectivity index (χ2v) is 10.4. The fraction of sp³-hybridized carbons (Fsp3) is 0.500. The van der Waals surface area contributed by atoms with Crippen molar-refractivity contribution in [3.05, 3.63) is 18.2 Å². The Labute approximate surface area is 167 Å². The maximum Gasteiger partial charge on any atom is 0.317 e. The normalized spacial score (nSPS) is 18.2. The van der Waals surface area contributed by atoms with Gasteiger partial charge in [-0.3, -0.25) is 4.79 Å². The van der Waals surface area contributed by atoms with E-state index in [2.05, 4.69) is 15.6 Å². The molecule has 0 atom stereocenters. The highest BCUT2D eigenvalue weighted by Gasteiger charge is 2.30. The molecule has 0 spiro atoms. The minimum atomic E-state index is -3.29. The van der Waals surface area contributed by atoms with Crippen molar-refractivity contribution in [3.8, 4) is 0 Å². The van der Waals surface area contributed by atoms with Crippen LogP contribution in [0.25, 0.3) is 10.2 Å². The molecule has 0 unspecified atom stereocenters. The van der Waals surface area contributed by atoms with E-state index in [1.807, 2.05) is 0 Å². The molecule has 1 saturated carbocycles. The molecule has 1 aromatic heterocycles. The van der Waals surface area contributed by atoms with Crippen LogP contribution in [-0.2, 0) is 14.6 Å². The van der Waals surface area contributed by atoms with E-state index in [0.29, 0.717) is 47.3 Å². The van der Waals surface area contributed by atoms with Crippen LogP contribution < -0.4 is 10.6 Å². The lowest BCUT2D eigenvalue weighted by Crippen LogP contribution is -2.46. The summed E-state index contributed by atoms with van der Waals surface area (Å²) >= 11 is 1.26. The number of rotatable bonds is 4. The number of hydrogen-bond acceptors (Lipinski definition) is 6. The first-order chi connectivity index (χ1) is 13.3. The molecular weight excluding hydrogens is 400 g/mol. The van der Waals surface area contributed by atoms with Crippen molar-refractivity contribution in [3.63, 3.8) is 0 Å². The number of urea groups is 1.